The average Bonchev–Trinajstić information content (AvgIpc) is 3.06. The summed E-state index contributed by atoms with van der Waals surface area (Å²) in [6, 6.07) is 0. The molecule has 0 fully saturated rings. The van der Waals surface area contributed by atoms with Crippen molar-refractivity contribution in [2.24, 2.45) is 5.92 Å². The first-order chi connectivity index (χ1) is 22.9. The van der Waals surface area contributed by atoms with Gasteiger partial charge in [0.25, 0.3) is 0 Å². The van der Waals surface area contributed by atoms with Gasteiger partial charge in [0.1, 0.15) is 19.3 Å². The SMILES string of the molecule is CCCCCCC(C)C/C=C/CCCCCCCC(=O)OC[C@H](COC(=O)CCCCCCC/C=C/CC(O)CCCCCC)OS. The number of carbonyl (C=O) groups excluding carboxylic acids is 2. The summed E-state index contributed by atoms with van der Waals surface area (Å²) in [5, 5.41) is 10.0. The standard InChI is InChI=1S/C40H74O6S/c1-4-6-8-22-28-36(3)29-23-18-14-10-12-16-20-26-32-39(42)44-34-38(46-47)35-45-40(43)33-27-21-17-13-11-15-19-25-31-37(41)30-24-9-7-5-2/h18-19,23,25,36-38,41,47H,4-17,20-22,24,26-35H2,1-3H3/b23-18+,25-19+/t36?,37?,38-/m1/s1. The maximum absolute atomic E-state index is 12.1. The molecule has 0 heterocycles. The Hall–Kier alpha value is -1.31. The highest BCUT2D eigenvalue weighted by Crippen LogP contribution is 2.15. The van der Waals surface area contributed by atoms with Gasteiger partial charge in [0, 0.05) is 12.8 Å². The number of hydrogen-bond donors (Lipinski definition) is 2. The van der Waals surface area contributed by atoms with Gasteiger partial charge >= 0.3 is 11.9 Å². The highest BCUT2D eigenvalue weighted by atomic mass is 32.1. The Kier molecular flexibility index (Phi) is 35.0. The average molecular weight is 683 g/mol. The van der Waals surface area contributed by atoms with Crippen molar-refractivity contribution in [1.82, 2.24) is 0 Å². The second kappa shape index (κ2) is 36.0. The van der Waals surface area contributed by atoms with Crippen molar-refractivity contribution in [3.05, 3.63) is 24.3 Å². The fraction of sp³-hybridized carbons (Fsp3) is 0.850. The number of aliphatic hydroxyl groups is 1. The van der Waals surface area contributed by atoms with E-state index in [1.807, 2.05) is 0 Å². The van der Waals surface area contributed by atoms with Crippen LogP contribution in [-0.2, 0) is 23.2 Å². The molecule has 7 heteroatoms. The molecule has 0 radical (unpaired) electrons. The van der Waals surface area contributed by atoms with Crippen LogP contribution in [0.2, 0.25) is 0 Å². The molecule has 0 aliphatic heterocycles. The van der Waals surface area contributed by atoms with Crippen molar-refractivity contribution >= 4 is 24.8 Å². The zero-order valence-corrected chi connectivity index (χ0v) is 31.7. The lowest BCUT2D eigenvalue weighted by atomic mass is 9.99. The fourth-order valence-electron chi connectivity index (χ4n) is 5.53. The number of esters is 2. The molecule has 0 saturated heterocycles. The Morgan fingerprint density at radius 1 is 0.596 bits per heavy atom. The summed E-state index contributed by atoms with van der Waals surface area (Å²) < 4.78 is 15.7. The number of allylic oxidation sites excluding steroid dienone is 3. The molecule has 0 aromatic heterocycles. The lowest BCUT2D eigenvalue weighted by Gasteiger charge is -2.15. The number of carbonyl (C=O) groups is 2. The minimum atomic E-state index is -0.571. The molecule has 0 bridgehead atoms. The van der Waals surface area contributed by atoms with E-state index in [0.29, 0.717) is 12.8 Å². The fourth-order valence-corrected chi connectivity index (χ4v) is 5.65. The number of hydrogen-bond acceptors (Lipinski definition) is 7. The predicted molar refractivity (Wildman–Crippen MR) is 201 cm³/mol. The molecule has 2 unspecified atom stereocenters. The Morgan fingerprint density at radius 2 is 1.04 bits per heavy atom. The van der Waals surface area contributed by atoms with E-state index in [9.17, 15) is 14.7 Å². The van der Waals surface area contributed by atoms with Crippen LogP contribution in [0.25, 0.3) is 0 Å². The first-order valence-electron chi connectivity index (χ1n) is 19.5. The van der Waals surface area contributed by atoms with Crippen molar-refractivity contribution in [2.75, 3.05) is 13.2 Å². The third-order valence-corrected chi connectivity index (χ3v) is 9.03. The highest BCUT2D eigenvalue weighted by Gasteiger charge is 2.15. The number of rotatable bonds is 35. The van der Waals surface area contributed by atoms with Gasteiger partial charge in [-0.3, -0.25) is 9.59 Å². The van der Waals surface area contributed by atoms with Gasteiger partial charge in [-0.15, -0.1) is 0 Å². The van der Waals surface area contributed by atoms with Gasteiger partial charge in [0.05, 0.1) is 6.10 Å². The van der Waals surface area contributed by atoms with Gasteiger partial charge in [-0.25, -0.2) is 0 Å². The monoisotopic (exact) mass is 683 g/mol. The van der Waals surface area contributed by atoms with Crippen molar-refractivity contribution in [3.63, 3.8) is 0 Å². The van der Waals surface area contributed by atoms with Gasteiger partial charge in [0.15, 0.2) is 0 Å². The molecule has 0 amide bonds. The predicted octanol–water partition coefficient (Wildman–Crippen LogP) is 11.6. The van der Waals surface area contributed by atoms with E-state index >= 15 is 0 Å². The van der Waals surface area contributed by atoms with E-state index in [-0.39, 0.29) is 31.3 Å². The molecule has 0 aromatic carbocycles. The molecule has 0 aliphatic carbocycles. The molecular weight excluding hydrogens is 609 g/mol. The quantitative estimate of drug-likeness (QED) is 0.0228. The van der Waals surface area contributed by atoms with Crippen molar-refractivity contribution in [1.29, 1.82) is 0 Å². The number of unbranched alkanes of at least 4 members (excludes halogenated alkanes) is 16. The van der Waals surface area contributed by atoms with Crippen LogP contribution in [0.15, 0.2) is 24.3 Å². The molecule has 0 aromatic rings. The lowest BCUT2D eigenvalue weighted by Crippen LogP contribution is -2.26. The number of ether oxygens (including phenoxy) is 2. The van der Waals surface area contributed by atoms with E-state index < -0.39 is 6.10 Å². The summed E-state index contributed by atoms with van der Waals surface area (Å²) in [4.78, 5) is 24.2. The third kappa shape index (κ3) is 34.4. The maximum Gasteiger partial charge on any atom is 0.305 e. The molecule has 0 rings (SSSR count). The lowest BCUT2D eigenvalue weighted by molar-refractivity contribution is -0.150. The molecule has 1 N–H and O–H groups in total. The van der Waals surface area contributed by atoms with Crippen LogP contribution in [-0.4, -0.2) is 42.5 Å². The molecule has 6 nitrogen and oxygen atoms in total. The van der Waals surface area contributed by atoms with Gasteiger partial charge in [-0.05, 0) is 76.6 Å². The van der Waals surface area contributed by atoms with Crippen molar-refractivity contribution in [3.8, 4) is 0 Å². The van der Waals surface area contributed by atoms with Crippen LogP contribution >= 0.6 is 12.9 Å². The van der Waals surface area contributed by atoms with Crippen LogP contribution < -0.4 is 0 Å². The highest BCUT2D eigenvalue weighted by molar-refractivity contribution is 7.75. The summed E-state index contributed by atoms with van der Waals surface area (Å²) >= 11 is 3.86. The Bertz CT molecular complexity index is 695. The van der Waals surface area contributed by atoms with E-state index in [2.05, 4.69) is 58.0 Å². The zero-order valence-electron chi connectivity index (χ0n) is 30.8. The summed E-state index contributed by atoms with van der Waals surface area (Å²) in [5.74, 6) is 0.286. The summed E-state index contributed by atoms with van der Waals surface area (Å²) in [5.41, 5.74) is 0. The minimum absolute atomic E-state index is 0.0295. The Labute approximate surface area is 295 Å². The molecule has 0 aliphatic rings. The summed E-state index contributed by atoms with van der Waals surface area (Å²) in [7, 11) is 0. The second-order valence-corrected chi connectivity index (χ2v) is 13.8. The summed E-state index contributed by atoms with van der Waals surface area (Å²) in [6.45, 7) is 6.89. The third-order valence-electron chi connectivity index (χ3n) is 8.73. The van der Waals surface area contributed by atoms with Gasteiger partial charge in [0.2, 0.25) is 0 Å². The molecule has 0 spiro atoms. The van der Waals surface area contributed by atoms with E-state index in [1.165, 1.54) is 70.6 Å². The largest absolute Gasteiger partial charge is 0.463 e. The van der Waals surface area contributed by atoms with Crippen LogP contribution in [0.1, 0.15) is 188 Å². The smallest absolute Gasteiger partial charge is 0.305 e. The zero-order chi connectivity index (χ0) is 34.6. The molecular formula is C40H74O6S. The van der Waals surface area contributed by atoms with Gasteiger partial charge in [-0.1, -0.05) is 141 Å². The van der Waals surface area contributed by atoms with Crippen LogP contribution in [0.4, 0.5) is 0 Å². The number of thiol groups is 1. The van der Waals surface area contributed by atoms with Crippen LogP contribution in [0.5, 0.6) is 0 Å². The molecule has 276 valence electrons. The molecule has 3 atom stereocenters. The van der Waals surface area contributed by atoms with E-state index in [4.69, 9.17) is 13.7 Å². The Balaban J connectivity index is 3.65. The molecule has 47 heavy (non-hydrogen) atoms. The maximum atomic E-state index is 12.1. The summed E-state index contributed by atoms with van der Waals surface area (Å²) in [6.07, 6.45) is 36.1. The van der Waals surface area contributed by atoms with Crippen LogP contribution in [0.3, 0.4) is 0 Å². The second-order valence-electron chi connectivity index (χ2n) is 13.6. The Morgan fingerprint density at radius 3 is 1.55 bits per heavy atom. The normalized spacial score (nSPS) is 13.7. The van der Waals surface area contributed by atoms with Crippen molar-refractivity contribution < 1.29 is 28.4 Å². The number of aliphatic hydroxyl groups excluding tert-OH is 1. The van der Waals surface area contributed by atoms with E-state index in [1.54, 1.807) is 0 Å². The molecule has 0 saturated carbocycles. The topological polar surface area (TPSA) is 82.1 Å². The van der Waals surface area contributed by atoms with Gasteiger partial charge < -0.3 is 18.8 Å². The first kappa shape index (κ1) is 45.7. The van der Waals surface area contributed by atoms with E-state index in [0.717, 1.165) is 89.4 Å². The first-order valence-corrected chi connectivity index (χ1v) is 19.9. The van der Waals surface area contributed by atoms with Crippen molar-refractivity contribution in [2.45, 2.75) is 200 Å². The van der Waals surface area contributed by atoms with Crippen LogP contribution in [0, 0.1) is 5.92 Å². The van der Waals surface area contributed by atoms with Gasteiger partial charge in [-0.2, -0.15) is 0 Å². The minimum Gasteiger partial charge on any atom is -0.463 e.